The zero-order chi connectivity index (χ0) is 5.70. The van der Waals surface area contributed by atoms with Crippen LogP contribution in [0.3, 0.4) is 0 Å². The fraction of sp³-hybridized carbons (Fsp3) is 1.00. The molecule has 6 heteroatoms. The standard InChI is InChI=1S/C3H7O3.2H2O.Sb/c4-1-3(6)2-5;;;/h3-5H,1-2H2;2*1H2;/q-1;;;+1. The molecule has 0 atom stereocenters. The van der Waals surface area contributed by atoms with Crippen molar-refractivity contribution in [2.75, 3.05) is 13.2 Å². The van der Waals surface area contributed by atoms with E-state index in [0.717, 1.165) is 23.4 Å². The maximum absolute atomic E-state index is 8.25. The molecule has 0 saturated carbocycles. The Morgan fingerprint density at radius 3 is 1.56 bits per heavy atom. The summed E-state index contributed by atoms with van der Waals surface area (Å²) < 4.78 is 4.60. The van der Waals surface area contributed by atoms with Crippen molar-refractivity contribution in [1.82, 2.24) is 0 Å². The predicted octanol–water partition coefficient (Wildman–Crippen LogP) is -3.21. The van der Waals surface area contributed by atoms with Crippen LogP contribution in [0.1, 0.15) is 0 Å². The van der Waals surface area contributed by atoms with Crippen molar-refractivity contribution in [1.29, 1.82) is 0 Å². The number of hydrogen-bond acceptors (Lipinski definition) is 3. The molecule has 0 heterocycles. The number of aliphatic hydroxyl groups is 2. The van der Waals surface area contributed by atoms with Gasteiger partial charge in [0.25, 0.3) is 0 Å². The molecule has 0 aromatic heterocycles. The second kappa shape index (κ2) is 11.4. The van der Waals surface area contributed by atoms with Crippen molar-refractivity contribution < 1.29 is 24.2 Å². The zero-order valence-electron chi connectivity index (χ0n) is 4.74. The Morgan fingerprint density at radius 2 is 1.56 bits per heavy atom. The summed E-state index contributed by atoms with van der Waals surface area (Å²) in [5.74, 6) is 0. The van der Waals surface area contributed by atoms with Gasteiger partial charge in [-0.1, -0.05) is 0 Å². The minimum absolute atomic E-state index is 0. The molecule has 0 aliphatic rings. The summed E-state index contributed by atoms with van der Waals surface area (Å²) >= 11 is 1.13. The van der Waals surface area contributed by atoms with Gasteiger partial charge in [-0.25, -0.2) is 0 Å². The van der Waals surface area contributed by atoms with E-state index in [9.17, 15) is 0 Å². The van der Waals surface area contributed by atoms with E-state index in [1.807, 2.05) is 0 Å². The summed E-state index contributed by atoms with van der Waals surface area (Å²) in [5, 5.41) is 16.5. The molecular formula is C3H11O5Sb. The van der Waals surface area contributed by atoms with Crippen LogP contribution >= 0.6 is 0 Å². The van der Waals surface area contributed by atoms with Gasteiger partial charge in [0.05, 0.1) is 0 Å². The van der Waals surface area contributed by atoms with Gasteiger partial charge in [-0.2, -0.15) is 0 Å². The molecule has 0 bridgehead atoms. The molecule has 6 N–H and O–H groups in total. The predicted molar refractivity (Wildman–Crippen MR) is 32.0 cm³/mol. The molecule has 0 aromatic carbocycles. The zero-order valence-corrected chi connectivity index (χ0v) is 7.29. The maximum atomic E-state index is 8.25. The van der Waals surface area contributed by atoms with Crippen molar-refractivity contribution in [2.24, 2.45) is 0 Å². The molecule has 0 spiro atoms. The normalized spacial score (nSPS) is 8.00. The van der Waals surface area contributed by atoms with E-state index < -0.39 is 0 Å². The molecular weight excluding hydrogens is 238 g/mol. The van der Waals surface area contributed by atoms with Crippen LogP contribution in [-0.2, 0) is 3.02 Å². The third kappa shape index (κ3) is 8.62. The molecule has 58 valence electrons. The first-order chi connectivity index (χ1) is 3.35. The van der Waals surface area contributed by atoms with E-state index in [4.69, 9.17) is 10.2 Å². The molecule has 0 fully saturated rings. The van der Waals surface area contributed by atoms with E-state index in [1.165, 1.54) is 0 Å². The van der Waals surface area contributed by atoms with Crippen LogP contribution in [0.25, 0.3) is 0 Å². The van der Waals surface area contributed by atoms with E-state index in [2.05, 4.69) is 3.02 Å². The fourth-order valence-electron chi connectivity index (χ4n) is 0.124. The van der Waals surface area contributed by atoms with Gasteiger partial charge in [0.2, 0.25) is 0 Å². The molecule has 0 aromatic rings. The Labute approximate surface area is 67.3 Å². The average molecular weight is 249 g/mol. The topological polar surface area (TPSA) is 113 Å². The Morgan fingerprint density at radius 1 is 1.22 bits per heavy atom. The first-order valence-electron chi connectivity index (χ1n) is 1.87. The van der Waals surface area contributed by atoms with Crippen LogP contribution in [-0.4, -0.2) is 63.9 Å². The Hall–Kier alpha value is 0.618. The number of rotatable bonds is 3. The van der Waals surface area contributed by atoms with E-state index >= 15 is 0 Å². The van der Waals surface area contributed by atoms with Crippen LogP contribution in [0.5, 0.6) is 0 Å². The molecule has 0 unspecified atom stereocenters. The first kappa shape index (κ1) is 16.3. The van der Waals surface area contributed by atoms with Gasteiger partial charge in [-0.15, -0.1) is 0 Å². The van der Waals surface area contributed by atoms with Crippen molar-refractivity contribution in [3.8, 4) is 0 Å². The quantitative estimate of drug-likeness (QED) is 0.513. The molecule has 0 aliphatic carbocycles. The monoisotopic (exact) mass is 248 g/mol. The van der Waals surface area contributed by atoms with Gasteiger partial charge in [0.15, 0.2) is 0 Å². The van der Waals surface area contributed by atoms with Gasteiger partial charge in [0, 0.05) is 0 Å². The van der Waals surface area contributed by atoms with Gasteiger partial charge < -0.3 is 11.0 Å². The van der Waals surface area contributed by atoms with Crippen LogP contribution in [0.4, 0.5) is 0 Å². The molecule has 9 heavy (non-hydrogen) atoms. The van der Waals surface area contributed by atoms with Crippen LogP contribution in [0, 0.1) is 0 Å². The molecule has 0 rings (SSSR count). The van der Waals surface area contributed by atoms with Crippen LogP contribution < -0.4 is 0 Å². The summed E-state index contributed by atoms with van der Waals surface area (Å²) in [4.78, 5) is 0. The van der Waals surface area contributed by atoms with E-state index in [1.54, 1.807) is 0 Å². The molecule has 0 amide bonds. The number of aliphatic hydroxyl groups excluding tert-OH is 2. The minimum atomic E-state index is -0.381. The van der Waals surface area contributed by atoms with Crippen LogP contribution in [0.15, 0.2) is 0 Å². The van der Waals surface area contributed by atoms with E-state index in [0.29, 0.717) is 0 Å². The Kier molecular flexibility index (Phi) is 20.7. The van der Waals surface area contributed by atoms with Gasteiger partial charge in [-0.3, -0.25) is 0 Å². The van der Waals surface area contributed by atoms with Gasteiger partial charge in [-0.05, 0) is 0 Å². The fourth-order valence-corrected chi connectivity index (χ4v) is 0.505. The molecule has 0 saturated heterocycles. The first-order valence-corrected chi connectivity index (χ1v) is 2.91. The summed E-state index contributed by atoms with van der Waals surface area (Å²) in [6.07, 6.45) is -0.381. The SMILES string of the molecule is O.O.OCC(CO)[O][Sb]. The van der Waals surface area contributed by atoms with Crippen LogP contribution in [0.2, 0.25) is 0 Å². The second-order valence-corrected chi connectivity index (χ2v) is 1.69. The van der Waals surface area contributed by atoms with Gasteiger partial charge in [0.1, 0.15) is 0 Å². The molecule has 0 aliphatic heterocycles. The average Bonchev–Trinajstić information content (AvgIpc) is 1.72. The third-order valence-corrected chi connectivity index (χ3v) is 1.41. The van der Waals surface area contributed by atoms with Gasteiger partial charge >= 0.3 is 56.0 Å². The second-order valence-electron chi connectivity index (χ2n) is 1.09. The molecule has 5 nitrogen and oxygen atoms in total. The third-order valence-electron chi connectivity index (χ3n) is 0.556. The molecule has 2 radical (unpaired) electrons. The summed E-state index contributed by atoms with van der Waals surface area (Å²) in [7, 11) is 0. The number of hydrogen-bond donors (Lipinski definition) is 2. The van der Waals surface area contributed by atoms with E-state index in [-0.39, 0.29) is 30.3 Å². The van der Waals surface area contributed by atoms with Crippen molar-refractivity contribution in [3.05, 3.63) is 0 Å². The van der Waals surface area contributed by atoms with Crippen molar-refractivity contribution in [3.63, 3.8) is 0 Å². The summed E-state index contributed by atoms with van der Waals surface area (Å²) in [6, 6.07) is 0. The van der Waals surface area contributed by atoms with Crippen molar-refractivity contribution in [2.45, 2.75) is 6.10 Å². The summed E-state index contributed by atoms with van der Waals surface area (Å²) in [5.41, 5.74) is 0. The Bertz CT molecular complexity index is 33.7. The Balaban J connectivity index is -0.000000180. The van der Waals surface area contributed by atoms with Crippen molar-refractivity contribution >= 4 is 23.4 Å². The summed E-state index contributed by atoms with van der Waals surface area (Å²) in [6.45, 7) is -0.211.